The third kappa shape index (κ3) is 7.27. The second-order valence-electron chi connectivity index (χ2n) is 17.0. The van der Waals surface area contributed by atoms with Crippen LogP contribution in [0.15, 0.2) is 89.3 Å². The van der Waals surface area contributed by atoms with Crippen LogP contribution in [-0.2, 0) is 42.9 Å². The zero-order chi connectivity index (χ0) is 44.2. The van der Waals surface area contributed by atoms with Crippen molar-refractivity contribution in [3.05, 3.63) is 105 Å². The summed E-state index contributed by atoms with van der Waals surface area (Å²) in [6.07, 6.45) is -10.4. The highest BCUT2D eigenvalue weighted by atomic mass is 32.1. The van der Waals surface area contributed by atoms with Gasteiger partial charge >= 0.3 is 23.9 Å². The fourth-order valence-electron chi connectivity index (χ4n) is 9.95. The fraction of sp³-hybridized carbons (Fsp3) is 0.467. The Hall–Kier alpha value is -5.26. The van der Waals surface area contributed by atoms with Crippen molar-refractivity contribution in [1.29, 1.82) is 0 Å². The van der Waals surface area contributed by atoms with Gasteiger partial charge in [0.15, 0.2) is 23.6 Å². The van der Waals surface area contributed by atoms with Crippen LogP contribution in [0, 0.1) is 16.7 Å². The monoisotopic (exact) mass is 859 g/mol. The highest BCUT2D eigenvalue weighted by Gasteiger charge is 2.78. The Morgan fingerprint density at radius 2 is 1.52 bits per heavy atom. The van der Waals surface area contributed by atoms with Crippen molar-refractivity contribution in [1.82, 2.24) is 5.32 Å². The Labute approximate surface area is 356 Å². The van der Waals surface area contributed by atoms with Crippen LogP contribution in [0.4, 0.5) is 0 Å². The number of amides is 1. The molecule has 1 aromatic heterocycles. The average molecular weight is 860 g/mol. The third-order valence-corrected chi connectivity index (χ3v) is 14.1. The normalized spacial score (nSPS) is 32.2. The maximum atomic E-state index is 15.5. The average Bonchev–Trinajstić information content (AvgIpc) is 3.76. The SMILES string of the molecule is CC(=O)O[C@H]1C(=O)[C@@]2(C)[C@H]([C@H](OC(=O)c3ccccc3)[C@]3(O)C[C@H](OC(=O)[C@H](O)C(NC(=O)c4ccccc4)c4cccs4)C(C)=C1C3(C)C)[C@]1(OC(C)=O)CO[C@@H]1C[C@@H]2O. The molecule has 1 unspecified atom stereocenters. The van der Waals surface area contributed by atoms with Crippen LogP contribution in [0.25, 0.3) is 0 Å². The van der Waals surface area contributed by atoms with Gasteiger partial charge in [-0.1, -0.05) is 56.3 Å². The summed E-state index contributed by atoms with van der Waals surface area (Å²) in [6.45, 7) is 7.99. The number of fused-ring (bicyclic) bond motifs is 5. The molecule has 3 aromatic rings. The van der Waals surface area contributed by atoms with E-state index in [2.05, 4.69) is 5.32 Å². The highest BCUT2D eigenvalue weighted by Crippen LogP contribution is 2.64. The molecule has 4 N–H and O–H groups in total. The second kappa shape index (κ2) is 16.2. The molecule has 2 heterocycles. The number of Topliss-reactive ketones (excluding diaryl/α,β-unsaturated/α-hetero) is 1. The van der Waals surface area contributed by atoms with Gasteiger partial charge in [0.25, 0.3) is 5.91 Å². The summed E-state index contributed by atoms with van der Waals surface area (Å²) >= 11 is 1.18. The summed E-state index contributed by atoms with van der Waals surface area (Å²) in [6, 6.07) is 18.0. The number of esters is 4. The first-order chi connectivity index (χ1) is 28.8. The molecule has 15 nitrogen and oxygen atoms in total. The molecule has 324 valence electrons. The molecule has 2 bridgehead atoms. The molecule has 3 fully saturated rings. The summed E-state index contributed by atoms with van der Waals surface area (Å²) in [5.41, 5.74) is -7.33. The number of ketones is 1. The molecule has 1 aliphatic heterocycles. The van der Waals surface area contributed by atoms with E-state index in [0.29, 0.717) is 4.88 Å². The Balaban J connectivity index is 1.38. The topological polar surface area (TPSA) is 221 Å². The number of hydrogen-bond donors (Lipinski definition) is 4. The van der Waals surface area contributed by atoms with Gasteiger partial charge in [0.1, 0.15) is 30.0 Å². The molecule has 0 radical (unpaired) electrons. The van der Waals surface area contributed by atoms with Crippen molar-refractivity contribution < 1.29 is 67.8 Å². The molecule has 1 saturated heterocycles. The molecule has 0 spiro atoms. The number of nitrogens with one attached hydrogen (secondary N) is 1. The van der Waals surface area contributed by atoms with E-state index in [1.54, 1.807) is 79.9 Å². The summed E-state index contributed by atoms with van der Waals surface area (Å²) in [5.74, 6) is -6.80. The van der Waals surface area contributed by atoms with E-state index in [0.717, 1.165) is 13.8 Å². The number of aliphatic hydroxyl groups is 3. The van der Waals surface area contributed by atoms with Crippen molar-refractivity contribution in [2.45, 2.75) is 108 Å². The van der Waals surface area contributed by atoms with Gasteiger partial charge in [0.2, 0.25) is 0 Å². The number of carbonyl (C=O) groups is 6. The van der Waals surface area contributed by atoms with Crippen molar-refractivity contribution >= 4 is 46.9 Å². The summed E-state index contributed by atoms with van der Waals surface area (Å²) in [5, 5.41) is 41.8. The summed E-state index contributed by atoms with van der Waals surface area (Å²) in [7, 11) is 0. The Morgan fingerprint density at radius 3 is 2.08 bits per heavy atom. The first-order valence-electron chi connectivity index (χ1n) is 20.0. The van der Waals surface area contributed by atoms with Gasteiger partial charge < -0.3 is 44.3 Å². The van der Waals surface area contributed by atoms with E-state index in [-0.39, 0.29) is 35.3 Å². The van der Waals surface area contributed by atoms with Crippen LogP contribution in [0.3, 0.4) is 0 Å². The van der Waals surface area contributed by atoms with Gasteiger partial charge in [0.05, 0.1) is 29.6 Å². The van der Waals surface area contributed by atoms with E-state index in [1.807, 2.05) is 0 Å². The smallest absolute Gasteiger partial charge is 0.338 e. The molecule has 61 heavy (non-hydrogen) atoms. The highest BCUT2D eigenvalue weighted by molar-refractivity contribution is 7.10. The quantitative estimate of drug-likeness (QED) is 0.130. The van der Waals surface area contributed by atoms with E-state index >= 15 is 4.79 Å². The minimum Gasteiger partial charge on any atom is -0.456 e. The van der Waals surface area contributed by atoms with E-state index in [9.17, 15) is 39.3 Å². The number of hydrogen-bond acceptors (Lipinski definition) is 15. The Bertz CT molecular complexity index is 2240. The van der Waals surface area contributed by atoms with Crippen LogP contribution < -0.4 is 5.32 Å². The maximum Gasteiger partial charge on any atom is 0.338 e. The fourth-order valence-corrected chi connectivity index (χ4v) is 10.8. The lowest BCUT2D eigenvalue weighted by molar-refractivity contribution is -0.346. The lowest BCUT2D eigenvalue weighted by atomic mass is 9.44. The van der Waals surface area contributed by atoms with E-state index in [1.165, 1.54) is 37.3 Å². The lowest BCUT2D eigenvalue weighted by Gasteiger charge is -2.67. The van der Waals surface area contributed by atoms with Crippen molar-refractivity contribution in [2.75, 3.05) is 6.61 Å². The molecule has 2 aromatic carbocycles. The predicted molar refractivity (Wildman–Crippen MR) is 216 cm³/mol. The number of aliphatic hydroxyl groups excluding tert-OH is 2. The van der Waals surface area contributed by atoms with Crippen LogP contribution in [0.1, 0.15) is 86.0 Å². The number of rotatable bonds is 10. The van der Waals surface area contributed by atoms with E-state index in [4.69, 9.17) is 23.7 Å². The van der Waals surface area contributed by atoms with Crippen molar-refractivity contribution in [2.24, 2.45) is 16.7 Å². The molecule has 16 heteroatoms. The zero-order valence-corrected chi connectivity index (χ0v) is 35.3. The Morgan fingerprint density at radius 1 is 0.885 bits per heavy atom. The molecule has 11 atom stereocenters. The van der Waals surface area contributed by atoms with Crippen LogP contribution in [0.2, 0.25) is 0 Å². The minimum absolute atomic E-state index is 0.00193. The maximum absolute atomic E-state index is 15.5. The minimum atomic E-state index is -2.38. The molecular weight excluding hydrogens is 811 g/mol. The molecule has 2 saturated carbocycles. The zero-order valence-electron chi connectivity index (χ0n) is 34.5. The number of ether oxygens (including phenoxy) is 5. The van der Waals surface area contributed by atoms with Crippen molar-refractivity contribution in [3.63, 3.8) is 0 Å². The van der Waals surface area contributed by atoms with Crippen LogP contribution in [-0.4, -0.2) is 105 Å². The molecule has 3 aliphatic carbocycles. The van der Waals surface area contributed by atoms with E-state index < -0.39 is 113 Å². The standard InChI is InChI=1S/C45H49NO14S/c1-23-28(58-41(54)34(50)33(29-18-13-19-61-29)46-39(52)26-14-9-7-10-15-26)21-45(55)38(59-40(53)27-16-11-8-12-17-27)36-43(6,30(49)20-31-44(36,22-56-31)60-25(3)48)37(51)35(57-24(2)47)32(23)42(45,4)5/h7-19,28,30-31,33-36,38,49-50,55H,20-22H2,1-6H3,(H,46,52)/t28-,30-,31+,33?,34+,35+,36-,38-,43+,44-,45+/m0/s1. The second-order valence-corrected chi connectivity index (χ2v) is 17.9. The van der Waals surface area contributed by atoms with Gasteiger partial charge in [-0.25, -0.2) is 9.59 Å². The summed E-state index contributed by atoms with van der Waals surface area (Å²) < 4.78 is 30.2. The predicted octanol–water partition coefficient (Wildman–Crippen LogP) is 3.80. The first kappa shape index (κ1) is 43.8. The van der Waals surface area contributed by atoms with Gasteiger partial charge in [-0.05, 0) is 60.7 Å². The van der Waals surface area contributed by atoms with Gasteiger partial charge in [0, 0.05) is 42.5 Å². The molecule has 4 aliphatic rings. The van der Waals surface area contributed by atoms with Crippen LogP contribution >= 0.6 is 11.3 Å². The van der Waals surface area contributed by atoms with Gasteiger partial charge in [-0.3, -0.25) is 19.2 Å². The van der Waals surface area contributed by atoms with Gasteiger partial charge in [-0.2, -0.15) is 0 Å². The van der Waals surface area contributed by atoms with Gasteiger partial charge in [-0.15, -0.1) is 11.3 Å². The number of benzene rings is 2. The van der Waals surface area contributed by atoms with Crippen molar-refractivity contribution in [3.8, 4) is 0 Å². The first-order valence-corrected chi connectivity index (χ1v) is 20.8. The largest absolute Gasteiger partial charge is 0.456 e. The molecule has 1 amide bonds. The Kier molecular flexibility index (Phi) is 11.6. The number of carbonyl (C=O) groups excluding carboxylic acids is 6. The lowest BCUT2D eigenvalue weighted by Crippen LogP contribution is -2.82. The summed E-state index contributed by atoms with van der Waals surface area (Å²) in [4.78, 5) is 83.6. The van der Waals surface area contributed by atoms with Crippen LogP contribution in [0.5, 0.6) is 0 Å². The molecular formula is C45H49NO14S. The number of thiophene rings is 1. The third-order valence-electron chi connectivity index (χ3n) is 13.2. The molecule has 7 rings (SSSR count).